The van der Waals surface area contributed by atoms with Gasteiger partial charge in [0.1, 0.15) is 0 Å². The molecule has 0 aliphatic heterocycles. The van der Waals surface area contributed by atoms with Crippen molar-refractivity contribution in [2.45, 2.75) is 13.8 Å². The Kier molecular flexibility index (Phi) is 65.3. The van der Waals surface area contributed by atoms with Crippen LogP contribution in [0.2, 0.25) is 0 Å². The molecular weight excluding hydrogens is 199 g/mol. The van der Waals surface area contributed by atoms with Crippen LogP contribution in [0.5, 0.6) is 0 Å². The number of carboxylic acids is 2. The maximum Gasteiger partial charge on any atom is 2.00 e. The van der Waals surface area contributed by atoms with Gasteiger partial charge in [0.25, 0.3) is 0 Å². The van der Waals surface area contributed by atoms with Crippen LogP contribution in [0.4, 0.5) is 0 Å². The number of aliphatic carboxylic acids is 2. The Hall–Kier alpha value is -0.621. The van der Waals surface area contributed by atoms with Crippen molar-refractivity contribution in [1.29, 1.82) is 0 Å². The Morgan fingerprint density at radius 1 is 0.909 bits per heavy atom. The Bertz CT molecular complexity index is 72.6. The average Bonchev–Trinajstić information content (AvgIpc) is 1.25. The molecule has 0 fully saturated rings. The zero-order valence-electron chi connectivity index (χ0n) is 6.01. The molecule has 0 aromatic carbocycles. The van der Waals surface area contributed by atoms with Crippen molar-refractivity contribution in [1.82, 2.24) is 0 Å². The second-order valence-electron chi connectivity index (χ2n) is 0.983. The SMILES string of the molecule is CC(=O)[O-].CC(=O)[O-].O.O.[Mn+2]. The average molecular weight is 209 g/mol. The first-order valence-electron chi connectivity index (χ1n) is 1.82. The van der Waals surface area contributed by atoms with Gasteiger partial charge in [-0.1, -0.05) is 0 Å². The molecule has 0 unspecified atom stereocenters. The van der Waals surface area contributed by atoms with Crippen LogP contribution in [-0.4, -0.2) is 22.9 Å². The molecule has 69 valence electrons. The van der Waals surface area contributed by atoms with E-state index in [4.69, 9.17) is 19.8 Å². The summed E-state index contributed by atoms with van der Waals surface area (Å²) >= 11 is 0. The van der Waals surface area contributed by atoms with E-state index in [-0.39, 0.29) is 28.0 Å². The summed E-state index contributed by atoms with van der Waals surface area (Å²) in [4.78, 5) is 17.8. The summed E-state index contributed by atoms with van der Waals surface area (Å²) in [6, 6.07) is 0. The van der Waals surface area contributed by atoms with Gasteiger partial charge in [-0.3, -0.25) is 0 Å². The normalized spacial score (nSPS) is 4.55. The monoisotopic (exact) mass is 209 g/mol. The van der Waals surface area contributed by atoms with Gasteiger partial charge >= 0.3 is 17.1 Å². The standard InChI is InChI=1S/2C2H4O2.Mn.2H2O/c2*1-2(3)4;;;/h2*1H3,(H,3,4);;2*1H2/q;;+2;;/p-2. The van der Waals surface area contributed by atoms with Crippen LogP contribution in [-0.2, 0) is 26.7 Å². The molecule has 0 atom stereocenters. The zero-order chi connectivity index (χ0) is 7.15. The molecule has 6 nitrogen and oxygen atoms in total. The van der Waals surface area contributed by atoms with E-state index in [1.165, 1.54) is 0 Å². The molecule has 0 saturated carbocycles. The number of hydrogen-bond acceptors (Lipinski definition) is 4. The zero-order valence-corrected chi connectivity index (χ0v) is 7.19. The first-order chi connectivity index (χ1) is 3.46. The summed E-state index contributed by atoms with van der Waals surface area (Å²) in [7, 11) is 0. The summed E-state index contributed by atoms with van der Waals surface area (Å²) < 4.78 is 0. The van der Waals surface area contributed by atoms with Gasteiger partial charge in [0, 0.05) is 11.9 Å². The molecule has 11 heavy (non-hydrogen) atoms. The summed E-state index contributed by atoms with van der Waals surface area (Å²) in [6.07, 6.45) is 0. The van der Waals surface area contributed by atoms with Crippen molar-refractivity contribution in [3.63, 3.8) is 0 Å². The Morgan fingerprint density at radius 2 is 0.909 bits per heavy atom. The molecule has 1 radical (unpaired) electrons. The molecular formula is C4H10MnO6. The molecule has 0 heterocycles. The van der Waals surface area contributed by atoms with Gasteiger partial charge in [-0.05, 0) is 13.8 Å². The van der Waals surface area contributed by atoms with E-state index in [9.17, 15) is 0 Å². The van der Waals surface area contributed by atoms with E-state index in [1.54, 1.807) is 0 Å². The molecule has 7 heteroatoms. The van der Waals surface area contributed by atoms with Crippen LogP contribution in [0, 0.1) is 0 Å². The van der Waals surface area contributed by atoms with Crippen LogP contribution < -0.4 is 10.2 Å². The molecule has 0 aliphatic carbocycles. The van der Waals surface area contributed by atoms with Crippen LogP contribution in [0.25, 0.3) is 0 Å². The van der Waals surface area contributed by atoms with Gasteiger partial charge in [-0.25, -0.2) is 0 Å². The minimum atomic E-state index is -1.08. The maximum atomic E-state index is 8.89. The molecule has 0 aromatic rings. The van der Waals surface area contributed by atoms with Crippen LogP contribution >= 0.6 is 0 Å². The first-order valence-corrected chi connectivity index (χ1v) is 1.82. The van der Waals surface area contributed by atoms with Gasteiger partial charge in [0.15, 0.2) is 0 Å². The van der Waals surface area contributed by atoms with E-state index in [2.05, 4.69) is 0 Å². The minimum Gasteiger partial charge on any atom is -0.550 e. The van der Waals surface area contributed by atoms with Crippen molar-refractivity contribution in [3.05, 3.63) is 0 Å². The third-order valence-electron chi connectivity index (χ3n) is 0. The molecule has 0 saturated heterocycles. The minimum absolute atomic E-state index is 0. The number of carbonyl (C=O) groups is 2. The number of carbonyl (C=O) groups excluding carboxylic acids is 2. The molecule has 0 rings (SSSR count). The van der Waals surface area contributed by atoms with Gasteiger partial charge in [-0.15, -0.1) is 0 Å². The van der Waals surface area contributed by atoms with Crippen molar-refractivity contribution >= 4 is 11.9 Å². The molecule has 0 aliphatic rings. The summed E-state index contributed by atoms with van der Waals surface area (Å²) in [6.45, 7) is 1.94. The number of rotatable bonds is 0. The van der Waals surface area contributed by atoms with Crippen molar-refractivity contribution in [2.24, 2.45) is 0 Å². The second kappa shape index (κ2) is 22.8. The summed E-state index contributed by atoms with van der Waals surface area (Å²) in [5, 5.41) is 17.8. The second-order valence-corrected chi connectivity index (χ2v) is 0.983. The maximum absolute atomic E-state index is 8.89. The smallest absolute Gasteiger partial charge is 0.550 e. The molecule has 0 aromatic heterocycles. The fourth-order valence-corrected chi connectivity index (χ4v) is 0. The number of carboxylic acid groups (broad SMARTS) is 2. The van der Waals surface area contributed by atoms with E-state index in [0.717, 1.165) is 13.8 Å². The van der Waals surface area contributed by atoms with E-state index in [0.29, 0.717) is 0 Å². The van der Waals surface area contributed by atoms with Gasteiger partial charge in [-0.2, -0.15) is 0 Å². The van der Waals surface area contributed by atoms with Gasteiger partial charge in [0.2, 0.25) is 0 Å². The Labute approximate surface area is 74.3 Å². The molecule has 0 bridgehead atoms. The van der Waals surface area contributed by atoms with Crippen LogP contribution in [0.15, 0.2) is 0 Å². The van der Waals surface area contributed by atoms with Crippen molar-refractivity contribution in [2.75, 3.05) is 0 Å². The van der Waals surface area contributed by atoms with E-state index in [1.807, 2.05) is 0 Å². The van der Waals surface area contributed by atoms with Crippen molar-refractivity contribution < 1.29 is 47.8 Å². The number of hydrogen-bond donors (Lipinski definition) is 0. The third-order valence-corrected chi connectivity index (χ3v) is 0. The molecule has 0 spiro atoms. The van der Waals surface area contributed by atoms with Crippen LogP contribution in [0.3, 0.4) is 0 Å². The molecule has 0 amide bonds. The van der Waals surface area contributed by atoms with E-state index >= 15 is 0 Å². The van der Waals surface area contributed by atoms with E-state index < -0.39 is 11.9 Å². The fraction of sp³-hybridized carbons (Fsp3) is 0.500. The van der Waals surface area contributed by atoms with Gasteiger partial charge < -0.3 is 30.8 Å². The predicted molar refractivity (Wildman–Crippen MR) is 28.6 cm³/mol. The fourth-order valence-electron chi connectivity index (χ4n) is 0. The largest absolute Gasteiger partial charge is 2.00 e. The molecule has 4 N–H and O–H groups in total. The third kappa shape index (κ3) is 1330. The Morgan fingerprint density at radius 3 is 0.909 bits per heavy atom. The summed E-state index contributed by atoms with van der Waals surface area (Å²) in [5.41, 5.74) is 0. The Balaban J connectivity index is -0.0000000171. The topological polar surface area (TPSA) is 143 Å². The predicted octanol–water partition coefficient (Wildman–Crippen LogP) is -4.14. The quantitative estimate of drug-likeness (QED) is 0.373. The summed E-state index contributed by atoms with van der Waals surface area (Å²) in [5.74, 6) is -2.17. The van der Waals surface area contributed by atoms with Crippen LogP contribution in [0.1, 0.15) is 13.8 Å². The first kappa shape index (κ1) is 31.6. The van der Waals surface area contributed by atoms with Gasteiger partial charge in [0.05, 0.1) is 0 Å². The van der Waals surface area contributed by atoms with Crippen molar-refractivity contribution in [3.8, 4) is 0 Å².